The van der Waals surface area contributed by atoms with Gasteiger partial charge in [0.15, 0.2) is 0 Å². The van der Waals surface area contributed by atoms with Crippen LogP contribution in [0.5, 0.6) is 0 Å². The van der Waals surface area contributed by atoms with Gasteiger partial charge in [-0.3, -0.25) is 0 Å². The molecule has 1 unspecified atom stereocenters. The molecule has 0 fully saturated rings. The highest BCUT2D eigenvalue weighted by Crippen LogP contribution is 2.18. The van der Waals surface area contributed by atoms with Crippen molar-refractivity contribution >= 4 is 22.6 Å². The van der Waals surface area contributed by atoms with Gasteiger partial charge in [0, 0.05) is 16.0 Å². The van der Waals surface area contributed by atoms with Crippen molar-refractivity contribution in [1.82, 2.24) is 0 Å². The summed E-state index contributed by atoms with van der Waals surface area (Å²) in [5.41, 5.74) is 7.24. The zero-order chi connectivity index (χ0) is 10.7. The Kier molecular flexibility index (Phi) is 3.43. The number of rotatable bonds is 3. The predicted octanol–water partition coefficient (Wildman–Crippen LogP) is 3.13. The Morgan fingerprint density at radius 1 is 1.27 bits per heavy atom. The Hall–Kier alpha value is -0.810. The minimum Gasteiger partial charge on any atom is -0.469 e. The molecule has 1 heterocycles. The van der Waals surface area contributed by atoms with Crippen LogP contribution in [0.3, 0.4) is 0 Å². The lowest BCUT2D eigenvalue weighted by atomic mass is 10.0. The van der Waals surface area contributed by atoms with Gasteiger partial charge < -0.3 is 10.2 Å². The lowest BCUT2D eigenvalue weighted by Crippen LogP contribution is -2.12. The highest BCUT2D eigenvalue weighted by atomic mass is 127. The quantitative estimate of drug-likeness (QED) is 0.884. The van der Waals surface area contributed by atoms with Crippen molar-refractivity contribution in [2.24, 2.45) is 5.73 Å². The van der Waals surface area contributed by atoms with Gasteiger partial charge in [-0.25, -0.2) is 0 Å². The zero-order valence-electron chi connectivity index (χ0n) is 8.19. The molecule has 2 rings (SSSR count). The molecule has 0 aliphatic heterocycles. The SMILES string of the molecule is NC(Cc1ccco1)c1cccc(I)c1. The van der Waals surface area contributed by atoms with Crippen LogP contribution in [0.15, 0.2) is 47.1 Å². The third kappa shape index (κ3) is 2.82. The maximum Gasteiger partial charge on any atom is 0.105 e. The van der Waals surface area contributed by atoms with Gasteiger partial charge in [0.05, 0.1) is 6.26 Å². The molecular formula is C12H12INO. The summed E-state index contributed by atoms with van der Waals surface area (Å²) in [5.74, 6) is 0.932. The summed E-state index contributed by atoms with van der Waals surface area (Å²) in [7, 11) is 0. The maximum absolute atomic E-state index is 6.09. The van der Waals surface area contributed by atoms with E-state index in [0.717, 1.165) is 17.7 Å². The van der Waals surface area contributed by atoms with Gasteiger partial charge in [-0.2, -0.15) is 0 Å². The first-order chi connectivity index (χ1) is 7.25. The van der Waals surface area contributed by atoms with Crippen LogP contribution in [0.25, 0.3) is 0 Å². The van der Waals surface area contributed by atoms with Crippen molar-refractivity contribution in [2.75, 3.05) is 0 Å². The average Bonchev–Trinajstić information content (AvgIpc) is 2.70. The molecule has 0 spiro atoms. The van der Waals surface area contributed by atoms with Crippen molar-refractivity contribution in [3.05, 3.63) is 57.6 Å². The van der Waals surface area contributed by atoms with E-state index in [-0.39, 0.29) is 6.04 Å². The maximum atomic E-state index is 6.09. The summed E-state index contributed by atoms with van der Waals surface area (Å²) < 4.78 is 6.48. The molecule has 78 valence electrons. The number of furan rings is 1. The Morgan fingerprint density at radius 2 is 2.13 bits per heavy atom. The van der Waals surface area contributed by atoms with Gasteiger partial charge in [-0.1, -0.05) is 12.1 Å². The Morgan fingerprint density at radius 3 is 2.80 bits per heavy atom. The van der Waals surface area contributed by atoms with Crippen molar-refractivity contribution in [3.63, 3.8) is 0 Å². The molecule has 0 radical (unpaired) electrons. The minimum atomic E-state index is 0.00543. The second-order valence-electron chi connectivity index (χ2n) is 3.44. The van der Waals surface area contributed by atoms with E-state index in [2.05, 4.69) is 40.8 Å². The Balaban J connectivity index is 2.11. The molecule has 1 atom stereocenters. The summed E-state index contributed by atoms with van der Waals surface area (Å²) >= 11 is 2.29. The van der Waals surface area contributed by atoms with E-state index in [1.165, 1.54) is 3.57 Å². The van der Waals surface area contributed by atoms with Crippen LogP contribution >= 0.6 is 22.6 Å². The fourth-order valence-electron chi connectivity index (χ4n) is 1.50. The summed E-state index contributed by atoms with van der Waals surface area (Å²) in [6.45, 7) is 0. The second-order valence-corrected chi connectivity index (χ2v) is 4.69. The number of halogens is 1. The van der Waals surface area contributed by atoms with Gasteiger partial charge in [0.1, 0.15) is 5.76 Å². The fraction of sp³-hybridized carbons (Fsp3) is 0.167. The van der Waals surface area contributed by atoms with Crippen LogP contribution < -0.4 is 5.73 Å². The molecule has 3 heteroatoms. The molecule has 0 bridgehead atoms. The smallest absolute Gasteiger partial charge is 0.105 e. The third-order valence-corrected chi connectivity index (χ3v) is 2.95. The average molecular weight is 313 g/mol. The van der Waals surface area contributed by atoms with Crippen LogP contribution in [0.1, 0.15) is 17.4 Å². The molecule has 2 aromatic rings. The van der Waals surface area contributed by atoms with Gasteiger partial charge >= 0.3 is 0 Å². The van der Waals surface area contributed by atoms with Gasteiger partial charge in [-0.15, -0.1) is 0 Å². The summed E-state index contributed by atoms with van der Waals surface area (Å²) in [5, 5.41) is 0. The van der Waals surface area contributed by atoms with Crippen LogP contribution in [-0.2, 0) is 6.42 Å². The van der Waals surface area contributed by atoms with Gasteiger partial charge in [-0.05, 0) is 52.4 Å². The van der Waals surface area contributed by atoms with E-state index in [0.29, 0.717) is 0 Å². The fourth-order valence-corrected chi connectivity index (χ4v) is 2.07. The van der Waals surface area contributed by atoms with Crippen molar-refractivity contribution < 1.29 is 4.42 Å². The molecule has 0 saturated heterocycles. The monoisotopic (exact) mass is 313 g/mol. The number of benzene rings is 1. The van der Waals surface area contributed by atoms with E-state index >= 15 is 0 Å². The van der Waals surface area contributed by atoms with Crippen molar-refractivity contribution in [3.8, 4) is 0 Å². The molecule has 0 amide bonds. The van der Waals surface area contributed by atoms with Crippen LogP contribution in [-0.4, -0.2) is 0 Å². The first kappa shape index (κ1) is 10.7. The van der Waals surface area contributed by atoms with E-state index in [1.54, 1.807) is 6.26 Å². The molecule has 0 aliphatic rings. The number of hydrogen-bond donors (Lipinski definition) is 1. The van der Waals surface area contributed by atoms with E-state index in [4.69, 9.17) is 10.2 Å². The summed E-state index contributed by atoms with van der Waals surface area (Å²) in [4.78, 5) is 0. The van der Waals surface area contributed by atoms with E-state index < -0.39 is 0 Å². The molecular weight excluding hydrogens is 301 g/mol. The third-order valence-electron chi connectivity index (χ3n) is 2.28. The molecule has 2 nitrogen and oxygen atoms in total. The van der Waals surface area contributed by atoms with Crippen molar-refractivity contribution in [2.45, 2.75) is 12.5 Å². The highest BCUT2D eigenvalue weighted by molar-refractivity contribution is 14.1. The molecule has 2 N–H and O–H groups in total. The molecule has 1 aromatic heterocycles. The zero-order valence-corrected chi connectivity index (χ0v) is 10.3. The normalized spacial score (nSPS) is 12.7. The Bertz CT molecular complexity index is 425. The van der Waals surface area contributed by atoms with Crippen LogP contribution in [0.4, 0.5) is 0 Å². The van der Waals surface area contributed by atoms with Gasteiger partial charge in [0.25, 0.3) is 0 Å². The second kappa shape index (κ2) is 4.81. The largest absolute Gasteiger partial charge is 0.469 e. The number of nitrogens with two attached hydrogens (primary N) is 1. The topological polar surface area (TPSA) is 39.2 Å². The molecule has 0 saturated carbocycles. The minimum absolute atomic E-state index is 0.00543. The van der Waals surface area contributed by atoms with E-state index in [1.807, 2.05) is 18.2 Å². The lowest BCUT2D eigenvalue weighted by molar-refractivity contribution is 0.488. The predicted molar refractivity (Wildman–Crippen MR) is 68.5 cm³/mol. The standard InChI is InChI=1S/C12H12INO/c13-10-4-1-3-9(7-10)12(14)8-11-5-2-6-15-11/h1-7,12H,8,14H2. The van der Waals surface area contributed by atoms with Gasteiger partial charge in [0.2, 0.25) is 0 Å². The summed E-state index contributed by atoms with van der Waals surface area (Å²) in [6, 6.07) is 12.1. The Labute approximate surface area is 103 Å². The molecule has 0 aliphatic carbocycles. The first-order valence-corrected chi connectivity index (χ1v) is 5.87. The van der Waals surface area contributed by atoms with E-state index in [9.17, 15) is 0 Å². The van der Waals surface area contributed by atoms with Crippen LogP contribution in [0, 0.1) is 3.57 Å². The highest BCUT2D eigenvalue weighted by Gasteiger charge is 2.08. The first-order valence-electron chi connectivity index (χ1n) is 4.79. The molecule has 1 aromatic carbocycles. The number of hydrogen-bond acceptors (Lipinski definition) is 2. The molecule has 15 heavy (non-hydrogen) atoms. The summed E-state index contributed by atoms with van der Waals surface area (Å²) in [6.07, 6.45) is 2.42. The van der Waals surface area contributed by atoms with Crippen LogP contribution in [0.2, 0.25) is 0 Å². The lowest BCUT2D eigenvalue weighted by Gasteiger charge is -2.10. The van der Waals surface area contributed by atoms with Crippen molar-refractivity contribution in [1.29, 1.82) is 0 Å².